The molecule has 0 bridgehead atoms. The van der Waals surface area contributed by atoms with Crippen LogP contribution in [0.3, 0.4) is 0 Å². The highest BCUT2D eigenvalue weighted by molar-refractivity contribution is 7.18. The number of nitrogens with zero attached hydrogens (tertiary/aromatic N) is 4. The average molecular weight is 442 g/mol. The molecule has 1 amide bonds. The standard InChI is InChI=1S/C23H19N7OS/c1-12-3-6-16-15(7-8-25-22(16)29-14-5-4-13(2)26-9-14)18(12)30-23(31)17-10-32-20-19(17)27-11-28-21(20)24/h3-11H,1-2H3,(H,25,29)(H,30,31)(H2,24,27,28). The summed E-state index contributed by atoms with van der Waals surface area (Å²) in [5.41, 5.74) is 10.4. The number of aryl methyl sites for hydroxylation is 2. The van der Waals surface area contributed by atoms with Gasteiger partial charge in [-0.1, -0.05) is 12.1 Å². The van der Waals surface area contributed by atoms with Crippen LogP contribution in [0.15, 0.2) is 54.4 Å². The number of hydrogen-bond donors (Lipinski definition) is 3. The summed E-state index contributed by atoms with van der Waals surface area (Å²) in [6, 6.07) is 9.73. The average Bonchev–Trinajstić information content (AvgIpc) is 3.23. The summed E-state index contributed by atoms with van der Waals surface area (Å²) in [6.07, 6.45) is 4.85. The number of fused-ring (bicyclic) bond motifs is 2. The first-order chi connectivity index (χ1) is 15.5. The fourth-order valence-electron chi connectivity index (χ4n) is 3.52. The molecule has 5 aromatic rings. The molecule has 0 spiro atoms. The topological polar surface area (TPSA) is 119 Å². The molecule has 0 aliphatic heterocycles. The molecule has 158 valence electrons. The molecule has 5 rings (SSSR count). The van der Waals surface area contributed by atoms with Gasteiger partial charge < -0.3 is 16.4 Å². The van der Waals surface area contributed by atoms with Gasteiger partial charge in [0.05, 0.1) is 33.4 Å². The molecule has 4 N–H and O–H groups in total. The number of amides is 1. The van der Waals surface area contributed by atoms with Crippen LogP contribution in [0.1, 0.15) is 21.6 Å². The Bertz CT molecular complexity index is 1480. The largest absolute Gasteiger partial charge is 0.382 e. The van der Waals surface area contributed by atoms with E-state index < -0.39 is 0 Å². The van der Waals surface area contributed by atoms with E-state index in [1.165, 1.54) is 17.7 Å². The number of thiophene rings is 1. The Labute approximate surface area is 187 Å². The van der Waals surface area contributed by atoms with Crippen molar-refractivity contribution < 1.29 is 4.79 Å². The number of carbonyl (C=O) groups excluding carboxylic acids is 1. The van der Waals surface area contributed by atoms with Crippen LogP contribution in [0.4, 0.5) is 23.0 Å². The van der Waals surface area contributed by atoms with Crippen LogP contribution < -0.4 is 16.4 Å². The van der Waals surface area contributed by atoms with E-state index in [4.69, 9.17) is 5.73 Å². The fraction of sp³-hybridized carbons (Fsp3) is 0.0870. The van der Waals surface area contributed by atoms with Crippen molar-refractivity contribution in [3.8, 4) is 0 Å². The van der Waals surface area contributed by atoms with Crippen LogP contribution in [0.25, 0.3) is 21.0 Å². The number of pyridine rings is 2. The van der Waals surface area contributed by atoms with Crippen LogP contribution in [0, 0.1) is 13.8 Å². The lowest BCUT2D eigenvalue weighted by Gasteiger charge is -2.14. The Hall–Kier alpha value is -4.11. The molecule has 0 radical (unpaired) electrons. The van der Waals surface area contributed by atoms with Crippen molar-refractivity contribution in [2.75, 3.05) is 16.4 Å². The van der Waals surface area contributed by atoms with Crippen LogP contribution in [-0.2, 0) is 0 Å². The first kappa shape index (κ1) is 19.8. The number of benzene rings is 1. The molecule has 1 aromatic carbocycles. The summed E-state index contributed by atoms with van der Waals surface area (Å²) in [6.45, 7) is 3.90. The fourth-order valence-corrected chi connectivity index (χ4v) is 4.42. The highest BCUT2D eigenvalue weighted by Crippen LogP contribution is 2.33. The van der Waals surface area contributed by atoms with Crippen LogP contribution in [0.5, 0.6) is 0 Å². The number of rotatable bonds is 4. The SMILES string of the molecule is Cc1ccc(Nc2nccc3c(NC(=O)c4csc5c(N)ncnc45)c(C)ccc23)cn1. The molecule has 0 atom stereocenters. The lowest BCUT2D eigenvalue weighted by Crippen LogP contribution is -2.13. The van der Waals surface area contributed by atoms with E-state index in [0.29, 0.717) is 27.4 Å². The van der Waals surface area contributed by atoms with E-state index in [1.54, 1.807) is 17.8 Å². The Morgan fingerprint density at radius 3 is 2.69 bits per heavy atom. The minimum absolute atomic E-state index is 0.251. The van der Waals surface area contributed by atoms with E-state index >= 15 is 0 Å². The highest BCUT2D eigenvalue weighted by atomic mass is 32.1. The molecule has 0 aliphatic rings. The van der Waals surface area contributed by atoms with Crippen molar-refractivity contribution in [1.82, 2.24) is 19.9 Å². The van der Waals surface area contributed by atoms with Gasteiger partial charge in [-0.25, -0.2) is 15.0 Å². The van der Waals surface area contributed by atoms with Crippen LogP contribution in [0.2, 0.25) is 0 Å². The van der Waals surface area contributed by atoms with Crippen LogP contribution >= 0.6 is 11.3 Å². The van der Waals surface area contributed by atoms with E-state index in [1.807, 2.05) is 44.2 Å². The third-order valence-corrected chi connectivity index (χ3v) is 6.18. The smallest absolute Gasteiger partial charge is 0.258 e. The van der Waals surface area contributed by atoms with Gasteiger partial charge in [0.2, 0.25) is 0 Å². The minimum Gasteiger partial charge on any atom is -0.382 e. The zero-order valence-electron chi connectivity index (χ0n) is 17.4. The molecular formula is C23H19N7OS. The second-order valence-electron chi connectivity index (χ2n) is 7.37. The first-order valence-electron chi connectivity index (χ1n) is 9.88. The van der Waals surface area contributed by atoms with E-state index in [9.17, 15) is 4.79 Å². The van der Waals surface area contributed by atoms with Crippen molar-refractivity contribution in [1.29, 1.82) is 0 Å². The summed E-state index contributed by atoms with van der Waals surface area (Å²) in [7, 11) is 0. The monoisotopic (exact) mass is 441 g/mol. The Kier molecular flexibility index (Phi) is 4.87. The van der Waals surface area contributed by atoms with Gasteiger partial charge in [-0.3, -0.25) is 9.78 Å². The highest BCUT2D eigenvalue weighted by Gasteiger charge is 2.18. The second-order valence-corrected chi connectivity index (χ2v) is 8.25. The number of hydrogen-bond acceptors (Lipinski definition) is 8. The number of nitrogens with one attached hydrogen (secondary N) is 2. The molecule has 32 heavy (non-hydrogen) atoms. The summed E-state index contributed by atoms with van der Waals surface area (Å²) >= 11 is 1.36. The predicted molar refractivity (Wildman–Crippen MR) is 129 cm³/mol. The molecule has 0 fully saturated rings. The summed E-state index contributed by atoms with van der Waals surface area (Å²) < 4.78 is 0.703. The zero-order valence-corrected chi connectivity index (χ0v) is 18.2. The lowest BCUT2D eigenvalue weighted by molar-refractivity contribution is 0.102. The molecule has 0 saturated carbocycles. The van der Waals surface area contributed by atoms with Gasteiger partial charge in [-0.2, -0.15) is 0 Å². The predicted octanol–water partition coefficient (Wildman–Crippen LogP) is 4.83. The molecular weight excluding hydrogens is 422 g/mol. The molecule has 9 heteroatoms. The van der Waals surface area contributed by atoms with Gasteiger partial charge in [-0.15, -0.1) is 11.3 Å². The Balaban J connectivity index is 1.53. The lowest BCUT2D eigenvalue weighted by atomic mass is 10.1. The summed E-state index contributed by atoms with van der Waals surface area (Å²) in [5.74, 6) is 0.803. The zero-order chi connectivity index (χ0) is 22.2. The normalized spacial score (nSPS) is 11.1. The van der Waals surface area contributed by atoms with E-state index in [2.05, 4.69) is 30.6 Å². The van der Waals surface area contributed by atoms with Gasteiger partial charge >= 0.3 is 0 Å². The Morgan fingerprint density at radius 1 is 1.00 bits per heavy atom. The maximum Gasteiger partial charge on any atom is 0.258 e. The quantitative estimate of drug-likeness (QED) is 0.365. The van der Waals surface area contributed by atoms with Crippen molar-refractivity contribution in [3.63, 3.8) is 0 Å². The van der Waals surface area contributed by atoms with Crippen molar-refractivity contribution in [2.45, 2.75) is 13.8 Å². The minimum atomic E-state index is -0.251. The number of aromatic nitrogens is 4. The van der Waals surface area contributed by atoms with Crippen LogP contribution in [-0.4, -0.2) is 25.8 Å². The molecule has 0 saturated heterocycles. The maximum absolute atomic E-state index is 13.2. The molecule has 0 unspecified atom stereocenters. The molecule has 4 heterocycles. The first-order valence-corrected chi connectivity index (χ1v) is 10.8. The van der Waals surface area contributed by atoms with Gasteiger partial charge in [-0.05, 0) is 37.6 Å². The summed E-state index contributed by atoms with van der Waals surface area (Å²) in [5, 5.41) is 9.90. The van der Waals surface area contributed by atoms with E-state index in [0.717, 1.165) is 33.4 Å². The van der Waals surface area contributed by atoms with Gasteiger partial charge in [0.1, 0.15) is 18.0 Å². The molecule has 0 aliphatic carbocycles. The van der Waals surface area contributed by atoms with Gasteiger partial charge in [0, 0.05) is 28.0 Å². The number of nitrogens with two attached hydrogens (primary N) is 1. The number of anilines is 4. The number of nitrogen functional groups attached to an aromatic ring is 1. The second kappa shape index (κ2) is 7.86. The summed E-state index contributed by atoms with van der Waals surface area (Å²) in [4.78, 5) is 30.2. The molecule has 4 aromatic heterocycles. The van der Waals surface area contributed by atoms with E-state index in [-0.39, 0.29) is 5.91 Å². The maximum atomic E-state index is 13.2. The van der Waals surface area contributed by atoms with Crippen molar-refractivity contribution >= 4 is 61.2 Å². The third kappa shape index (κ3) is 3.48. The Morgan fingerprint density at radius 2 is 1.88 bits per heavy atom. The van der Waals surface area contributed by atoms with Crippen molar-refractivity contribution in [2.24, 2.45) is 0 Å². The van der Waals surface area contributed by atoms with Gasteiger partial charge in [0.15, 0.2) is 0 Å². The number of carbonyl (C=O) groups is 1. The molecule has 8 nitrogen and oxygen atoms in total. The van der Waals surface area contributed by atoms with Gasteiger partial charge in [0.25, 0.3) is 5.91 Å². The third-order valence-electron chi connectivity index (χ3n) is 5.19. The van der Waals surface area contributed by atoms with Crippen molar-refractivity contribution in [3.05, 3.63) is 71.3 Å².